The van der Waals surface area contributed by atoms with Crippen LogP contribution in [0.15, 0.2) is 24.4 Å². The maximum atomic E-state index is 9.87. The van der Waals surface area contributed by atoms with Gasteiger partial charge in [0.1, 0.15) is 5.65 Å². The molecule has 1 N–H and O–H groups in total. The predicted octanol–water partition coefficient (Wildman–Crippen LogP) is 4.78. The summed E-state index contributed by atoms with van der Waals surface area (Å²) in [6, 6.07) is 6.19. The molecule has 150 valence electrons. The second-order valence-electron chi connectivity index (χ2n) is 7.32. The molecule has 0 amide bonds. The Morgan fingerprint density at radius 3 is 2.61 bits per heavy atom. The van der Waals surface area contributed by atoms with Crippen LogP contribution in [-0.4, -0.2) is 32.9 Å². The first kappa shape index (κ1) is 20.3. The number of ether oxygens (including phenoxy) is 1. The molecule has 0 aliphatic rings. The zero-order valence-electron chi connectivity index (χ0n) is 17.6. The van der Waals surface area contributed by atoms with Crippen LogP contribution in [0.4, 0.5) is 0 Å². The van der Waals surface area contributed by atoms with Crippen LogP contribution in [0.3, 0.4) is 0 Å². The molecular weight excluding hydrogens is 350 g/mol. The number of nitrogens with zero attached hydrogens (tertiary/aromatic N) is 3. The summed E-state index contributed by atoms with van der Waals surface area (Å²) in [5, 5.41) is 11.0. The average molecular weight is 382 g/mol. The monoisotopic (exact) mass is 381 g/mol. The third-order valence-electron chi connectivity index (χ3n) is 5.30. The fourth-order valence-electron chi connectivity index (χ4n) is 3.91. The first-order valence-corrected chi connectivity index (χ1v) is 10.2. The summed E-state index contributed by atoms with van der Waals surface area (Å²) in [6.45, 7) is 9.09. The van der Waals surface area contributed by atoms with Crippen molar-refractivity contribution in [1.29, 1.82) is 0 Å². The first-order chi connectivity index (χ1) is 13.5. The van der Waals surface area contributed by atoms with Gasteiger partial charge >= 0.3 is 0 Å². The number of hydrogen-bond donors (Lipinski definition) is 1. The van der Waals surface area contributed by atoms with Crippen molar-refractivity contribution in [3.8, 4) is 17.1 Å². The Morgan fingerprint density at radius 1 is 1.18 bits per heavy atom. The molecule has 28 heavy (non-hydrogen) atoms. The smallest absolute Gasteiger partial charge is 0.213 e. The van der Waals surface area contributed by atoms with Crippen LogP contribution < -0.4 is 4.74 Å². The van der Waals surface area contributed by atoms with E-state index in [4.69, 9.17) is 9.72 Å². The molecule has 0 saturated carbocycles. The molecular formula is C23H31N3O2. The van der Waals surface area contributed by atoms with E-state index in [0.29, 0.717) is 12.5 Å². The Morgan fingerprint density at radius 2 is 1.96 bits per heavy atom. The van der Waals surface area contributed by atoms with Gasteiger partial charge in [-0.2, -0.15) is 0 Å². The van der Waals surface area contributed by atoms with Gasteiger partial charge < -0.3 is 14.4 Å². The standard InChI is InChI=1S/C23H31N3O2/c1-6-9-16(14-27)19-13-26(5)23-18(19)12-15(4)22(25-23)17-10-11-21(28-8-3)24-20(17)7-2/h10-13,16,27H,6-9,14H2,1-5H3/t16-/m0/s1. The molecule has 0 radical (unpaired) electrons. The maximum Gasteiger partial charge on any atom is 0.213 e. The van der Waals surface area contributed by atoms with Gasteiger partial charge in [0.25, 0.3) is 0 Å². The highest BCUT2D eigenvalue weighted by Gasteiger charge is 2.19. The normalized spacial score (nSPS) is 12.5. The van der Waals surface area contributed by atoms with Crippen LogP contribution in [0.25, 0.3) is 22.3 Å². The summed E-state index contributed by atoms with van der Waals surface area (Å²) in [6.07, 6.45) is 4.95. The SMILES string of the molecule is CCC[C@@H](CO)c1cn(C)c2nc(-c3ccc(OCC)nc3CC)c(C)cc12. The number of pyridine rings is 2. The van der Waals surface area contributed by atoms with Crippen molar-refractivity contribution >= 4 is 11.0 Å². The number of fused-ring (bicyclic) bond motifs is 1. The summed E-state index contributed by atoms with van der Waals surface area (Å²) < 4.78 is 7.63. The van der Waals surface area contributed by atoms with E-state index in [1.807, 2.05) is 20.0 Å². The van der Waals surface area contributed by atoms with Gasteiger partial charge in [0.2, 0.25) is 5.88 Å². The second-order valence-corrected chi connectivity index (χ2v) is 7.32. The van der Waals surface area contributed by atoms with Gasteiger partial charge in [0, 0.05) is 36.2 Å². The average Bonchev–Trinajstić information content (AvgIpc) is 3.01. The van der Waals surface area contributed by atoms with E-state index in [1.165, 1.54) is 5.56 Å². The zero-order valence-corrected chi connectivity index (χ0v) is 17.6. The van der Waals surface area contributed by atoms with E-state index < -0.39 is 0 Å². The minimum atomic E-state index is 0.152. The maximum absolute atomic E-state index is 9.87. The molecule has 5 nitrogen and oxygen atoms in total. The lowest BCUT2D eigenvalue weighted by Crippen LogP contribution is -2.03. The van der Waals surface area contributed by atoms with Gasteiger partial charge in [-0.05, 0) is 49.9 Å². The molecule has 3 aromatic rings. The molecule has 0 spiro atoms. The van der Waals surface area contributed by atoms with E-state index in [1.54, 1.807) is 0 Å². The van der Waals surface area contributed by atoms with Gasteiger partial charge in [0.05, 0.1) is 24.6 Å². The van der Waals surface area contributed by atoms with Crippen molar-refractivity contribution in [3.63, 3.8) is 0 Å². The van der Waals surface area contributed by atoms with Gasteiger partial charge in [-0.25, -0.2) is 9.97 Å². The van der Waals surface area contributed by atoms with E-state index in [9.17, 15) is 5.11 Å². The fraction of sp³-hybridized carbons (Fsp3) is 0.478. The molecule has 0 aliphatic carbocycles. The summed E-state index contributed by atoms with van der Waals surface area (Å²) in [5.74, 6) is 0.812. The Kier molecular flexibility index (Phi) is 6.35. The summed E-state index contributed by atoms with van der Waals surface area (Å²) in [5.41, 5.74) is 6.26. The van der Waals surface area contributed by atoms with Crippen molar-refractivity contribution in [2.45, 2.75) is 52.9 Å². The second kappa shape index (κ2) is 8.74. The number of aliphatic hydroxyl groups excluding tert-OH is 1. The molecule has 0 fully saturated rings. The highest BCUT2D eigenvalue weighted by molar-refractivity contribution is 5.85. The van der Waals surface area contributed by atoms with Gasteiger partial charge in [-0.15, -0.1) is 0 Å². The number of rotatable bonds is 8. The summed E-state index contributed by atoms with van der Waals surface area (Å²) in [7, 11) is 2.02. The predicted molar refractivity (Wildman–Crippen MR) is 114 cm³/mol. The lowest BCUT2D eigenvalue weighted by Gasteiger charge is -2.14. The van der Waals surface area contributed by atoms with Crippen LogP contribution in [0.1, 0.15) is 56.4 Å². The molecule has 1 atom stereocenters. The van der Waals surface area contributed by atoms with Crippen molar-refractivity contribution < 1.29 is 9.84 Å². The lowest BCUT2D eigenvalue weighted by atomic mass is 9.94. The molecule has 0 saturated heterocycles. The number of aromatic nitrogens is 3. The third kappa shape index (κ3) is 3.76. The number of hydrogen-bond acceptors (Lipinski definition) is 4. The van der Waals surface area contributed by atoms with Crippen molar-refractivity contribution in [1.82, 2.24) is 14.5 Å². The van der Waals surface area contributed by atoms with Crippen LogP contribution in [-0.2, 0) is 13.5 Å². The quantitative estimate of drug-likeness (QED) is 0.610. The topological polar surface area (TPSA) is 60.2 Å². The molecule has 3 aromatic heterocycles. The van der Waals surface area contributed by atoms with Gasteiger partial charge in [0.15, 0.2) is 0 Å². The number of aliphatic hydroxyl groups is 1. The van der Waals surface area contributed by atoms with E-state index in [-0.39, 0.29) is 12.5 Å². The van der Waals surface area contributed by atoms with Crippen molar-refractivity contribution in [2.24, 2.45) is 7.05 Å². The van der Waals surface area contributed by atoms with Crippen molar-refractivity contribution in [3.05, 3.63) is 41.2 Å². The van der Waals surface area contributed by atoms with Crippen molar-refractivity contribution in [2.75, 3.05) is 13.2 Å². The molecule has 0 aromatic carbocycles. The summed E-state index contributed by atoms with van der Waals surface area (Å²) >= 11 is 0. The van der Waals surface area contributed by atoms with E-state index in [2.05, 4.69) is 48.7 Å². The van der Waals surface area contributed by atoms with Crippen LogP contribution in [0, 0.1) is 6.92 Å². The van der Waals surface area contributed by atoms with E-state index >= 15 is 0 Å². The molecule has 0 aliphatic heterocycles. The Labute approximate surface area is 167 Å². The van der Waals surface area contributed by atoms with Crippen LogP contribution in [0.5, 0.6) is 5.88 Å². The highest BCUT2D eigenvalue weighted by Crippen LogP contribution is 2.34. The lowest BCUT2D eigenvalue weighted by molar-refractivity contribution is 0.259. The first-order valence-electron chi connectivity index (χ1n) is 10.2. The third-order valence-corrected chi connectivity index (χ3v) is 5.30. The minimum Gasteiger partial charge on any atom is -0.478 e. The van der Waals surface area contributed by atoms with Gasteiger partial charge in [-0.3, -0.25) is 0 Å². The Hall–Kier alpha value is -2.40. The number of aryl methyl sites for hydroxylation is 3. The Balaban J connectivity index is 2.14. The molecule has 3 heterocycles. The molecule has 0 unspecified atom stereocenters. The minimum absolute atomic E-state index is 0.152. The molecule has 0 bridgehead atoms. The molecule has 5 heteroatoms. The molecule has 3 rings (SSSR count). The highest BCUT2D eigenvalue weighted by atomic mass is 16.5. The summed E-state index contributed by atoms with van der Waals surface area (Å²) in [4.78, 5) is 9.70. The Bertz CT molecular complexity index is 962. The van der Waals surface area contributed by atoms with E-state index in [0.717, 1.165) is 52.8 Å². The van der Waals surface area contributed by atoms with Crippen LogP contribution in [0.2, 0.25) is 0 Å². The van der Waals surface area contributed by atoms with Crippen LogP contribution >= 0.6 is 0 Å². The zero-order chi connectivity index (χ0) is 20.3. The van der Waals surface area contributed by atoms with Gasteiger partial charge in [-0.1, -0.05) is 20.3 Å². The fourth-order valence-corrected chi connectivity index (χ4v) is 3.91. The largest absolute Gasteiger partial charge is 0.478 e.